The van der Waals surface area contributed by atoms with Crippen molar-refractivity contribution in [2.75, 3.05) is 52.6 Å². The number of hydrogen-bond acceptors (Lipinski definition) is 14. The van der Waals surface area contributed by atoms with E-state index in [1.165, 1.54) is 28.9 Å². The molecule has 328 valence electrons. The van der Waals surface area contributed by atoms with Crippen LogP contribution in [0.2, 0.25) is 5.15 Å². The Balaban J connectivity index is 0.000000149. The van der Waals surface area contributed by atoms with Gasteiger partial charge in [-0.2, -0.15) is 0 Å². The molecule has 17 heteroatoms. The monoisotopic (exact) mass is 886 g/mol. The average Bonchev–Trinajstić information content (AvgIpc) is 3.84. The van der Waals surface area contributed by atoms with E-state index in [9.17, 15) is 19.8 Å². The maximum Gasteiger partial charge on any atom is 0.306 e. The van der Waals surface area contributed by atoms with Gasteiger partial charge in [-0.15, -0.1) is 22.7 Å². The molecule has 60 heavy (non-hydrogen) atoms. The van der Waals surface area contributed by atoms with E-state index < -0.39 is 11.9 Å². The van der Waals surface area contributed by atoms with E-state index in [0.717, 1.165) is 136 Å². The number of aromatic nitrogens is 4. The Hall–Kier alpha value is -3.09. The van der Waals surface area contributed by atoms with Gasteiger partial charge in [0.25, 0.3) is 0 Å². The molecule has 10 rings (SSSR count). The van der Waals surface area contributed by atoms with Gasteiger partial charge in [-0.05, 0) is 101 Å². The molecule has 2 saturated carbocycles. The van der Waals surface area contributed by atoms with Gasteiger partial charge in [0, 0.05) is 48.0 Å². The van der Waals surface area contributed by atoms with E-state index in [-0.39, 0.29) is 31.5 Å². The number of morpholine rings is 2. The highest BCUT2D eigenvalue weighted by atomic mass is 35.5. The second-order valence-electron chi connectivity index (χ2n) is 16.6. The lowest BCUT2D eigenvalue weighted by Crippen LogP contribution is -2.46. The molecule has 4 aromatic rings. The van der Waals surface area contributed by atoms with Gasteiger partial charge in [-0.1, -0.05) is 19.0 Å². The van der Waals surface area contributed by atoms with Crippen LogP contribution in [0.4, 0.5) is 0 Å². The standard InChI is InChI=1S/C21H27N3O4S.C11H9ClN2O2S.C10H19NO2.CH4/c25-21(26)13-1-6-17-16(11-13)18-19(22-12-23-20(18)29-17)28-15-4-2-14(3-5-15)24-7-9-27-10-8-24;12-9-8-6-3-5(11(15)16)1-2-7(6)17-10(8)14-4-13-9;12-10-3-1-9(2-4-10)11-5-7-13-8-6-11;/h12-15H,1-11H2,(H,25,26);4-5H,1-3H2,(H,15,16);9-10,12H,1-8H2;1H4/t13-,14?,15?;5-;;/m00../s1. The summed E-state index contributed by atoms with van der Waals surface area (Å²) in [4.78, 5) is 49.0. The third-order valence-electron chi connectivity index (χ3n) is 13.0. The van der Waals surface area contributed by atoms with Crippen molar-refractivity contribution in [2.45, 2.75) is 122 Å². The molecule has 0 radical (unpaired) electrons. The summed E-state index contributed by atoms with van der Waals surface area (Å²) in [7, 11) is 0. The number of aryl methyl sites for hydroxylation is 2. The highest BCUT2D eigenvalue weighted by molar-refractivity contribution is 7.19. The van der Waals surface area contributed by atoms with Gasteiger partial charge in [-0.25, -0.2) is 19.9 Å². The van der Waals surface area contributed by atoms with Gasteiger partial charge in [0.1, 0.15) is 33.6 Å². The third-order valence-corrected chi connectivity index (χ3v) is 15.7. The number of carboxylic acids is 2. The minimum atomic E-state index is -0.733. The molecule has 6 aliphatic rings. The number of fused-ring (bicyclic) bond motifs is 6. The van der Waals surface area contributed by atoms with Crippen LogP contribution in [-0.2, 0) is 44.7 Å². The van der Waals surface area contributed by atoms with Gasteiger partial charge in [0.2, 0.25) is 5.88 Å². The zero-order valence-corrected chi connectivity index (χ0v) is 35.8. The fraction of sp³-hybridized carbons (Fsp3) is 0.674. The molecule has 2 aliphatic heterocycles. The summed E-state index contributed by atoms with van der Waals surface area (Å²) in [6.45, 7) is 7.70. The predicted octanol–water partition coefficient (Wildman–Crippen LogP) is 6.70. The molecule has 4 fully saturated rings. The van der Waals surface area contributed by atoms with Crippen molar-refractivity contribution in [3.05, 3.63) is 38.7 Å². The largest absolute Gasteiger partial charge is 0.481 e. The fourth-order valence-electron chi connectivity index (χ4n) is 9.65. The molecule has 0 spiro atoms. The van der Waals surface area contributed by atoms with Gasteiger partial charge in [0.05, 0.1) is 55.1 Å². The maximum absolute atomic E-state index is 11.5. The molecule has 0 bridgehead atoms. The lowest BCUT2D eigenvalue weighted by Gasteiger charge is -2.38. The van der Waals surface area contributed by atoms with Crippen molar-refractivity contribution < 1.29 is 39.1 Å². The number of aliphatic hydroxyl groups excluding tert-OH is 1. The van der Waals surface area contributed by atoms with E-state index >= 15 is 0 Å². The first kappa shape index (κ1) is 44.9. The van der Waals surface area contributed by atoms with Crippen molar-refractivity contribution in [3.8, 4) is 5.88 Å². The van der Waals surface area contributed by atoms with Crippen LogP contribution in [0, 0.1) is 11.8 Å². The summed E-state index contributed by atoms with van der Waals surface area (Å²) in [5.74, 6) is -1.43. The minimum absolute atomic E-state index is 0. The summed E-state index contributed by atoms with van der Waals surface area (Å²) in [5.41, 5.74) is 2.13. The molecule has 2 saturated heterocycles. The molecule has 0 unspecified atom stereocenters. The maximum atomic E-state index is 11.5. The molecule has 4 aliphatic carbocycles. The number of carboxylic acid groups (broad SMARTS) is 2. The lowest BCUT2D eigenvalue weighted by atomic mass is 9.87. The molecule has 4 aromatic heterocycles. The molecule has 2 atom stereocenters. The lowest BCUT2D eigenvalue weighted by molar-refractivity contribution is -0.143. The minimum Gasteiger partial charge on any atom is -0.481 e. The number of thiophene rings is 2. The Kier molecular flexibility index (Phi) is 15.6. The van der Waals surface area contributed by atoms with Crippen LogP contribution < -0.4 is 4.74 Å². The van der Waals surface area contributed by atoms with E-state index in [1.807, 2.05) is 0 Å². The average molecular weight is 888 g/mol. The Morgan fingerprint density at radius 2 is 1.13 bits per heavy atom. The SMILES string of the molecule is C.O=C(O)[C@H]1CCc2sc3ncnc(Cl)c3c2C1.O=C(O)[C@H]1CCc2sc3ncnc(OC4CCC(N5CCOCC5)CC4)c3c2C1.OC1CCC(N2CCOCC2)CC1. The topological polar surface area (TPSA) is 181 Å². The molecular formula is C43H59ClN6O8S2. The van der Waals surface area contributed by atoms with E-state index in [2.05, 4.69) is 29.7 Å². The van der Waals surface area contributed by atoms with Crippen molar-refractivity contribution in [2.24, 2.45) is 11.8 Å². The third kappa shape index (κ3) is 10.6. The van der Waals surface area contributed by atoms with E-state index in [4.69, 9.17) is 30.9 Å². The zero-order valence-electron chi connectivity index (χ0n) is 33.4. The van der Waals surface area contributed by atoms with Gasteiger partial charge < -0.3 is 29.5 Å². The first-order valence-corrected chi connectivity index (χ1v) is 23.3. The normalized spacial score (nSPS) is 27.2. The highest BCUT2D eigenvalue weighted by Gasteiger charge is 2.33. The first-order valence-electron chi connectivity index (χ1n) is 21.3. The highest BCUT2D eigenvalue weighted by Crippen LogP contribution is 2.42. The number of carbonyl (C=O) groups is 2. The Morgan fingerprint density at radius 1 is 0.667 bits per heavy atom. The van der Waals surface area contributed by atoms with Crippen LogP contribution in [0.3, 0.4) is 0 Å². The summed E-state index contributed by atoms with van der Waals surface area (Å²) in [6.07, 6.45) is 15.9. The van der Waals surface area contributed by atoms with Gasteiger partial charge >= 0.3 is 11.9 Å². The molecule has 3 N–H and O–H groups in total. The number of ether oxygens (including phenoxy) is 3. The molecule has 0 aromatic carbocycles. The van der Waals surface area contributed by atoms with Gasteiger partial charge in [0.15, 0.2) is 0 Å². The second-order valence-corrected chi connectivity index (χ2v) is 19.1. The van der Waals surface area contributed by atoms with Crippen LogP contribution in [0.25, 0.3) is 20.4 Å². The van der Waals surface area contributed by atoms with Crippen molar-refractivity contribution in [1.82, 2.24) is 29.7 Å². The van der Waals surface area contributed by atoms with Crippen LogP contribution in [0.5, 0.6) is 5.88 Å². The summed E-state index contributed by atoms with van der Waals surface area (Å²) in [5, 5.41) is 30.2. The molecular weight excluding hydrogens is 828 g/mol. The van der Waals surface area contributed by atoms with Gasteiger partial charge in [-0.3, -0.25) is 19.4 Å². The van der Waals surface area contributed by atoms with Crippen molar-refractivity contribution in [3.63, 3.8) is 0 Å². The van der Waals surface area contributed by atoms with Crippen LogP contribution in [-0.4, -0.2) is 134 Å². The summed E-state index contributed by atoms with van der Waals surface area (Å²) >= 11 is 9.34. The number of rotatable bonds is 6. The predicted molar refractivity (Wildman–Crippen MR) is 233 cm³/mol. The van der Waals surface area contributed by atoms with Crippen LogP contribution >= 0.6 is 34.3 Å². The first-order chi connectivity index (χ1) is 28.7. The smallest absolute Gasteiger partial charge is 0.306 e. The quantitative estimate of drug-likeness (QED) is 0.174. The summed E-state index contributed by atoms with van der Waals surface area (Å²) in [6, 6.07) is 1.35. The second kappa shape index (κ2) is 20.9. The number of hydrogen-bond donors (Lipinski definition) is 3. The zero-order chi connectivity index (χ0) is 40.9. The molecule has 6 heterocycles. The van der Waals surface area contributed by atoms with Crippen LogP contribution in [0.1, 0.15) is 92.5 Å². The number of halogens is 1. The fourth-order valence-corrected chi connectivity index (χ4v) is 12.3. The van der Waals surface area contributed by atoms with E-state index in [0.29, 0.717) is 48.8 Å². The van der Waals surface area contributed by atoms with Crippen LogP contribution in [0.15, 0.2) is 12.7 Å². The summed E-state index contributed by atoms with van der Waals surface area (Å²) < 4.78 is 17.2. The Morgan fingerprint density at radius 3 is 1.65 bits per heavy atom. The Labute approximate surface area is 364 Å². The van der Waals surface area contributed by atoms with Crippen molar-refractivity contribution >= 4 is 66.6 Å². The number of nitrogens with zero attached hydrogens (tertiary/aromatic N) is 6. The number of aliphatic carboxylic acids is 2. The Bertz CT molecular complexity index is 2060. The van der Waals surface area contributed by atoms with E-state index in [1.54, 1.807) is 29.0 Å². The molecule has 14 nitrogen and oxygen atoms in total. The molecule has 0 amide bonds. The van der Waals surface area contributed by atoms with Crippen molar-refractivity contribution in [1.29, 1.82) is 0 Å². The number of aliphatic hydroxyl groups is 1.